The van der Waals surface area contributed by atoms with E-state index in [-0.39, 0.29) is 5.63 Å². The van der Waals surface area contributed by atoms with Gasteiger partial charge in [0.15, 0.2) is 0 Å². The lowest BCUT2D eigenvalue weighted by molar-refractivity contribution is 0.491. The minimum Gasteiger partial charge on any atom is -0.404 e. The average molecular weight is 337 g/mol. The molecule has 0 unspecified atom stereocenters. The third-order valence-corrected chi connectivity index (χ3v) is 5.16. The third-order valence-electron chi connectivity index (χ3n) is 3.39. The van der Waals surface area contributed by atoms with E-state index in [9.17, 15) is 4.79 Å². The molecule has 0 aliphatic rings. The predicted molar refractivity (Wildman–Crippen MR) is 96.8 cm³/mol. The number of aromatic nitrogens is 1. The minimum absolute atomic E-state index is 0.325. The lowest BCUT2D eigenvalue weighted by atomic mass is 10.2. The fourth-order valence-electron chi connectivity index (χ4n) is 2.31. The molecule has 23 heavy (non-hydrogen) atoms. The maximum Gasteiger partial charge on any atom is 0.348 e. The summed E-state index contributed by atoms with van der Waals surface area (Å²) in [6.07, 6.45) is 3.60. The zero-order valence-electron chi connectivity index (χ0n) is 11.9. The van der Waals surface area contributed by atoms with Gasteiger partial charge < -0.3 is 4.42 Å². The van der Waals surface area contributed by atoms with Gasteiger partial charge in [-0.25, -0.2) is 9.78 Å². The van der Waals surface area contributed by atoms with Gasteiger partial charge in [-0.1, -0.05) is 36.4 Å². The van der Waals surface area contributed by atoms with Crippen LogP contribution in [0, 0.1) is 0 Å². The van der Waals surface area contributed by atoms with Crippen LogP contribution in [0.25, 0.3) is 32.8 Å². The van der Waals surface area contributed by atoms with E-state index in [1.165, 1.54) is 11.3 Å². The van der Waals surface area contributed by atoms with E-state index < -0.39 is 0 Å². The molecule has 4 rings (SSSR count). The lowest BCUT2D eigenvalue weighted by Crippen LogP contribution is -2.01. The zero-order chi connectivity index (χ0) is 15.6. The normalized spacial score (nSPS) is 11.5. The Kier molecular flexibility index (Phi) is 3.65. The molecule has 0 radical (unpaired) electrons. The van der Waals surface area contributed by atoms with Gasteiger partial charge in [0.1, 0.15) is 10.2 Å². The number of hydrogen-bond acceptors (Lipinski definition) is 5. The first kappa shape index (κ1) is 14.1. The Morgan fingerprint density at radius 1 is 1.00 bits per heavy atom. The third kappa shape index (κ3) is 2.76. The van der Waals surface area contributed by atoms with Crippen LogP contribution in [-0.2, 0) is 0 Å². The molecule has 3 heterocycles. The second-order valence-corrected chi connectivity index (χ2v) is 6.70. The molecule has 0 aliphatic heterocycles. The van der Waals surface area contributed by atoms with E-state index in [0.717, 1.165) is 16.0 Å². The SMILES string of the molecule is O=c1oc(C=Cc2ccccc2)nc2scc(-c3cccs3)c12. The standard InChI is InChI=1S/C18H11NO2S2/c20-18-16-13(14-7-4-10-22-14)11-23-17(16)19-15(21-18)9-8-12-5-2-1-3-6-12/h1-11H. The summed E-state index contributed by atoms with van der Waals surface area (Å²) >= 11 is 3.06. The molecular weight excluding hydrogens is 326 g/mol. The van der Waals surface area contributed by atoms with Crippen molar-refractivity contribution in [3.05, 3.63) is 75.1 Å². The van der Waals surface area contributed by atoms with Crippen molar-refractivity contribution in [2.45, 2.75) is 0 Å². The van der Waals surface area contributed by atoms with Crippen molar-refractivity contribution < 1.29 is 4.42 Å². The summed E-state index contributed by atoms with van der Waals surface area (Å²) in [5.74, 6) is 0.325. The Labute approximate surface area is 140 Å². The van der Waals surface area contributed by atoms with Crippen LogP contribution < -0.4 is 5.63 Å². The second kappa shape index (κ2) is 5.95. The number of rotatable bonds is 3. The molecule has 0 aliphatic carbocycles. The van der Waals surface area contributed by atoms with Crippen LogP contribution in [0.15, 0.2) is 62.4 Å². The average Bonchev–Trinajstić information content (AvgIpc) is 3.23. The lowest BCUT2D eigenvalue weighted by Gasteiger charge is -1.96. The van der Waals surface area contributed by atoms with Crippen molar-refractivity contribution in [2.75, 3.05) is 0 Å². The van der Waals surface area contributed by atoms with Gasteiger partial charge in [-0.2, -0.15) is 0 Å². The van der Waals surface area contributed by atoms with Gasteiger partial charge >= 0.3 is 5.63 Å². The van der Waals surface area contributed by atoms with E-state index >= 15 is 0 Å². The highest BCUT2D eigenvalue weighted by Gasteiger charge is 2.14. The van der Waals surface area contributed by atoms with Gasteiger partial charge in [0.05, 0.1) is 0 Å². The molecule has 0 bridgehead atoms. The van der Waals surface area contributed by atoms with Crippen LogP contribution in [0.1, 0.15) is 11.5 Å². The molecule has 0 amide bonds. The fourth-order valence-corrected chi connectivity index (χ4v) is 4.06. The topological polar surface area (TPSA) is 43.1 Å². The van der Waals surface area contributed by atoms with Crippen molar-refractivity contribution in [1.82, 2.24) is 4.98 Å². The summed E-state index contributed by atoms with van der Waals surface area (Å²) < 4.78 is 5.37. The first-order valence-corrected chi connectivity index (χ1v) is 8.76. The Balaban J connectivity index is 1.77. The largest absolute Gasteiger partial charge is 0.404 e. The van der Waals surface area contributed by atoms with Crippen molar-refractivity contribution in [1.29, 1.82) is 0 Å². The highest BCUT2D eigenvalue weighted by molar-refractivity contribution is 7.18. The van der Waals surface area contributed by atoms with Crippen molar-refractivity contribution >= 4 is 45.0 Å². The number of hydrogen-bond donors (Lipinski definition) is 0. The Morgan fingerprint density at radius 3 is 2.65 bits per heavy atom. The van der Waals surface area contributed by atoms with Crippen LogP contribution in [0.3, 0.4) is 0 Å². The van der Waals surface area contributed by atoms with Gasteiger partial charge in [0, 0.05) is 21.9 Å². The van der Waals surface area contributed by atoms with Gasteiger partial charge in [-0.3, -0.25) is 0 Å². The van der Waals surface area contributed by atoms with E-state index in [1.54, 1.807) is 17.4 Å². The molecule has 0 atom stereocenters. The smallest absolute Gasteiger partial charge is 0.348 e. The predicted octanol–water partition coefficient (Wildman–Crippen LogP) is 5.15. The molecule has 0 fully saturated rings. The van der Waals surface area contributed by atoms with Gasteiger partial charge in [-0.15, -0.1) is 22.7 Å². The summed E-state index contributed by atoms with van der Waals surface area (Å²) in [6.45, 7) is 0. The zero-order valence-corrected chi connectivity index (χ0v) is 13.6. The molecule has 0 saturated heterocycles. The molecule has 0 N–H and O–H groups in total. The number of thiophene rings is 2. The summed E-state index contributed by atoms with van der Waals surface area (Å²) in [5.41, 5.74) is 1.59. The van der Waals surface area contributed by atoms with Crippen molar-refractivity contribution in [3.8, 4) is 10.4 Å². The van der Waals surface area contributed by atoms with Crippen LogP contribution >= 0.6 is 22.7 Å². The van der Waals surface area contributed by atoms with Crippen LogP contribution in [0.4, 0.5) is 0 Å². The van der Waals surface area contributed by atoms with E-state index in [2.05, 4.69) is 4.98 Å². The molecule has 0 saturated carbocycles. The highest BCUT2D eigenvalue weighted by atomic mass is 32.1. The van der Waals surface area contributed by atoms with Gasteiger partial charge in [0.25, 0.3) is 0 Å². The highest BCUT2D eigenvalue weighted by Crippen LogP contribution is 2.33. The van der Waals surface area contributed by atoms with Gasteiger partial charge in [-0.05, 0) is 23.1 Å². The van der Waals surface area contributed by atoms with Gasteiger partial charge in [0.2, 0.25) is 5.89 Å². The Hall–Kier alpha value is -2.50. The minimum atomic E-state index is -0.340. The first-order valence-electron chi connectivity index (χ1n) is 7.00. The molecule has 5 heteroatoms. The summed E-state index contributed by atoms with van der Waals surface area (Å²) in [6, 6.07) is 13.8. The van der Waals surface area contributed by atoms with E-state index in [1.807, 2.05) is 59.3 Å². The molecule has 4 aromatic rings. The van der Waals surface area contributed by atoms with Crippen LogP contribution in [-0.4, -0.2) is 4.98 Å². The van der Waals surface area contributed by atoms with Crippen molar-refractivity contribution in [2.24, 2.45) is 0 Å². The number of nitrogens with zero attached hydrogens (tertiary/aromatic N) is 1. The fraction of sp³-hybridized carbons (Fsp3) is 0. The molecular formula is C18H11NO2S2. The molecule has 1 aromatic carbocycles. The maximum atomic E-state index is 12.4. The Bertz CT molecular complexity index is 1030. The van der Waals surface area contributed by atoms with E-state index in [4.69, 9.17) is 4.42 Å². The van der Waals surface area contributed by atoms with Crippen molar-refractivity contribution in [3.63, 3.8) is 0 Å². The second-order valence-electron chi connectivity index (χ2n) is 4.89. The maximum absolute atomic E-state index is 12.4. The Morgan fingerprint density at radius 2 is 1.87 bits per heavy atom. The number of fused-ring (bicyclic) bond motifs is 1. The summed E-state index contributed by atoms with van der Waals surface area (Å²) in [5, 5.41) is 4.52. The summed E-state index contributed by atoms with van der Waals surface area (Å²) in [4.78, 5) is 18.6. The molecule has 112 valence electrons. The van der Waals surface area contributed by atoms with E-state index in [0.29, 0.717) is 16.1 Å². The number of benzene rings is 1. The monoisotopic (exact) mass is 337 g/mol. The summed E-state index contributed by atoms with van der Waals surface area (Å²) in [7, 11) is 0. The molecule has 3 nitrogen and oxygen atoms in total. The molecule has 3 aromatic heterocycles. The van der Waals surface area contributed by atoms with Crippen LogP contribution in [0.2, 0.25) is 0 Å². The quantitative estimate of drug-likeness (QED) is 0.519. The molecule has 0 spiro atoms. The van der Waals surface area contributed by atoms with Crippen LogP contribution in [0.5, 0.6) is 0 Å². The first-order chi connectivity index (χ1) is 11.3.